The van der Waals surface area contributed by atoms with Gasteiger partial charge >= 0.3 is 6.03 Å². The van der Waals surface area contributed by atoms with Gasteiger partial charge in [0.25, 0.3) is 0 Å². The summed E-state index contributed by atoms with van der Waals surface area (Å²) in [5.74, 6) is -0.00442. The summed E-state index contributed by atoms with van der Waals surface area (Å²) in [6.45, 7) is 0.231. The lowest BCUT2D eigenvalue weighted by Gasteiger charge is -2.22. The molecule has 142 valence electrons. The van der Waals surface area contributed by atoms with Crippen molar-refractivity contribution in [1.29, 1.82) is 0 Å². The van der Waals surface area contributed by atoms with Crippen molar-refractivity contribution in [2.24, 2.45) is 0 Å². The van der Waals surface area contributed by atoms with E-state index in [1.165, 1.54) is 12.1 Å². The van der Waals surface area contributed by atoms with E-state index in [0.29, 0.717) is 5.76 Å². The number of carbonyl (C=O) groups is 1. The predicted molar refractivity (Wildman–Crippen MR) is 97.0 cm³/mol. The van der Waals surface area contributed by atoms with Crippen LogP contribution in [0.5, 0.6) is 0 Å². The fourth-order valence-corrected chi connectivity index (χ4v) is 2.83. The summed E-state index contributed by atoms with van der Waals surface area (Å²) < 4.78 is 44.0. The zero-order chi connectivity index (χ0) is 19.3. The van der Waals surface area contributed by atoms with E-state index in [2.05, 4.69) is 15.4 Å². The lowest BCUT2D eigenvalue weighted by Crippen LogP contribution is -2.36. The molecule has 3 N–H and O–H groups in total. The summed E-state index contributed by atoms with van der Waals surface area (Å²) in [6, 6.07) is 6.25. The van der Waals surface area contributed by atoms with Crippen LogP contribution in [0.25, 0.3) is 0 Å². The van der Waals surface area contributed by atoms with E-state index in [1.807, 2.05) is 19.0 Å². The lowest BCUT2D eigenvalue weighted by atomic mass is 10.2. The maximum atomic E-state index is 13.9. The normalized spacial score (nSPS) is 12.7. The Kier molecular flexibility index (Phi) is 6.22. The van der Waals surface area contributed by atoms with Gasteiger partial charge in [-0.15, -0.1) is 0 Å². The van der Waals surface area contributed by atoms with Crippen LogP contribution in [-0.4, -0.2) is 46.2 Å². The van der Waals surface area contributed by atoms with Gasteiger partial charge in [0.05, 0.1) is 29.9 Å². The van der Waals surface area contributed by atoms with Crippen LogP contribution in [-0.2, 0) is 10.0 Å². The molecule has 2 amide bonds. The number of benzene rings is 1. The van der Waals surface area contributed by atoms with Crippen molar-refractivity contribution in [3.63, 3.8) is 0 Å². The van der Waals surface area contributed by atoms with Crippen LogP contribution in [0, 0.1) is 5.82 Å². The Labute approximate surface area is 151 Å². The third kappa shape index (κ3) is 5.74. The Hall–Kier alpha value is -2.59. The van der Waals surface area contributed by atoms with Gasteiger partial charge in [-0.25, -0.2) is 17.6 Å². The predicted octanol–water partition coefficient (Wildman–Crippen LogP) is 2.21. The summed E-state index contributed by atoms with van der Waals surface area (Å²) in [5.41, 5.74) is 0.00139. The highest BCUT2D eigenvalue weighted by Crippen LogP contribution is 2.21. The highest BCUT2D eigenvalue weighted by molar-refractivity contribution is 7.92. The highest BCUT2D eigenvalue weighted by Gasteiger charge is 2.18. The first kappa shape index (κ1) is 19.7. The van der Waals surface area contributed by atoms with Crippen LogP contribution in [0.4, 0.5) is 20.6 Å². The first-order valence-electron chi connectivity index (χ1n) is 7.68. The van der Waals surface area contributed by atoms with Crippen molar-refractivity contribution in [3.8, 4) is 0 Å². The molecule has 0 saturated heterocycles. The maximum absolute atomic E-state index is 13.9. The third-order valence-electron chi connectivity index (χ3n) is 3.47. The van der Waals surface area contributed by atoms with Gasteiger partial charge in [-0.05, 0) is 44.4 Å². The van der Waals surface area contributed by atoms with E-state index < -0.39 is 21.9 Å². The molecule has 0 saturated carbocycles. The van der Waals surface area contributed by atoms with Gasteiger partial charge in [0.2, 0.25) is 10.0 Å². The van der Waals surface area contributed by atoms with Gasteiger partial charge in [-0.2, -0.15) is 0 Å². The summed E-state index contributed by atoms with van der Waals surface area (Å²) in [7, 11) is 0.172. The van der Waals surface area contributed by atoms with Gasteiger partial charge in [0.15, 0.2) is 0 Å². The average molecular weight is 384 g/mol. The number of amides is 2. The smallest absolute Gasteiger partial charge is 0.319 e. The molecule has 0 unspecified atom stereocenters. The van der Waals surface area contributed by atoms with Gasteiger partial charge < -0.3 is 15.1 Å². The lowest BCUT2D eigenvalue weighted by molar-refractivity contribution is 0.233. The summed E-state index contributed by atoms with van der Waals surface area (Å²) in [4.78, 5) is 14.0. The van der Waals surface area contributed by atoms with Crippen LogP contribution < -0.4 is 15.4 Å². The summed E-state index contributed by atoms with van der Waals surface area (Å²) in [5, 5.41) is 5.01. The minimum absolute atomic E-state index is 0.143. The Bertz CT molecular complexity index is 853. The SMILES string of the molecule is CN(C)[C@H](CNC(=O)Nc1cc(NS(C)(=O)=O)ccc1F)c1ccco1. The number of likely N-dealkylation sites (N-methyl/N-ethyl adjacent to an activating group) is 1. The zero-order valence-electron chi connectivity index (χ0n) is 14.6. The minimum Gasteiger partial charge on any atom is -0.468 e. The van der Waals surface area contributed by atoms with Crippen molar-refractivity contribution < 1.29 is 22.0 Å². The summed E-state index contributed by atoms with van der Waals surface area (Å²) >= 11 is 0. The number of halogens is 1. The molecule has 0 radical (unpaired) electrons. The van der Waals surface area contributed by atoms with Crippen molar-refractivity contribution in [3.05, 3.63) is 48.2 Å². The Morgan fingerprint density at radius 2 is 2.04 bits per heavy atom. The molecule has 0 aliphatic rings. The van der Waals surface area contributed by atoms with Gasteiger partial charge in [0.1, 0.15) is 11.6 Å². The van der Waals surface area contributed by atoms with Crippen molar-refractivity contribution in [2.45, 2.75) is 6.04 Å². The van der Waals surface area contributed by atoms with Crippen LogP contribution in [0.2, 0.25) is 0 Å². The van der Waals surface area contributed by atoms with Crippen molar-refractivity contribution in [2.75, 3.05) is 36.9 Å². The monoisotopic (exact) mass is 384 g/mol. The second kappa shape index (κ2) is 8.19. The standard InChI is InChI=1S/C16H21FN4O4S/c1-21(2)14(15-5-4-8-25-15)10-18-16(22)19-13-9-11(6-7-12(13)17)20-26(3,23)24/h4-9,14,20H,10H2,1-3H3,(H2,18,19,22)/t14-/m1/s1. The number of hydrogen-bond donors (Lipinski definition) is 3. The number of carbonyl (C=O) groups excluding carboxylic acids is 1. The molecule has 0 fully saturated rings. The molecule has 1 aromatic heterocycles. The second-order valence-corrected chi connectivity index (χ2v) is 7.65. The number of nitrogens with zero attached hydrogens (tertiary/aromatic N) is 1. The van der Waals surface area contributed by atoms with Crippen LogP contribution in [0.1, 0.15) is 11.8 Å². The van der Waals surface area contributed by atoms with Crippen LogP contribution >= 0.6 is 0 Å². The number of rotatable bonds is 7. The van der Waals surface area contributed by atoms with E-state index in [4.69, 9.17) is 4.42 Å². The molecule has 0 aliphatic heterocycles. The van der Waals surface area contributed by atoms with Crippen LogP contribution in [0.3, 0.4) is 0 Å². The largest absolute Gasteiger partial charge is 0.468 e. The molecule has 1 atom stereocenters. The molecule has 2 aromatic rings. The molecule has 8 nitrogen and oxygen atoms in total. The minimum atomic E-state index is -3.51. The number of hydrogen-bond acceptors (Lipinski definition) is 5. The maximum Gasteiger partial charge on any atom is 0.319 e. The molecule has 26 heavy (non-hydrogen) atoms. The molecule has 0 spiro atoms. The molecule has 1 heterocycles. The fraction of sp³-hybridized carbons (Fsp3) is 0.312. The third-order valence-corrected chi connectivity index (χ3v) is 4.08. The average Bonchev–Trinajstić information content (AvgIpc) is 3.03. The Balaban J connectivity index is 2.02. The van der Waals surface area contributed by atoms with E-state index >= 15 is 0 Å². The summed E-state index contributed by atoms with van der Waals surface area (Å²) in [6.07, 6.45) is 2.52. The quantitative estimate of drug-likeness (QED) is 0.679. The van der Waals surface area contributed by atoms with E-state index in [9.17, 15) is 17.6 Å². The highest BCUT2D eigenvalue weighted by atomic mass is 32.2. The fourth-order valence-electron chi connectivity index (χ4n) is 2.27. The Morgan fingerprint density at radius 3 is 2.62 bits per heavy atom. The topological polar surface area (TPSA) is 104 Å². The zero-order valence-corrected chi connectivity index (χ0v) is 15.4. The van der Waals surface area contributed by atoms with E-state index in [0.717, 1.165) is 12.3 Å². The molecular formula is C16H21FN4O4S. The number of furan rings is 1. The Morgan fingerprint density at radius 1 is 1.31 bits per heavy atom. The van der Waals surface area contributed by atoms with Crippen molar-refractivity contribution >= 4 is 27.4 Å². The van der Waals surface area contributed by atoms with Gasteiger partial charge in [-0.1, -0.05) is 0 Å². The number of nitrogens with one attached hydrogen (secondary N) is 3. The van der Waals surface area contributed by atoms with Crippen LogP contribution in [0.15, 0.2) is 41.0 Å². The van der Waals surface area contributed by atoms with E-state index in [-0.39, 0.29) is 24.0 Å². The molecule has 2 rings (SSSR count). The van der Waals surface area contributed by atoms with E-state index in [1.54, 1.807) is 18.4 Å². The second-order valence-electron chi connectivity index (χ2n) is 5.90. The molecule has 10 heteroatoms. The molecule has 0 bridgehead atoms. The van der Waals surface area contributed by atoms with Crippen molar-refractivity contribution in [1.82, 2.24) is 10.2 Å². The first-order valence-corrected chi connectivity index (χ1v) is 9.57. The molecule has 0 aliphatic carbocycles. The molecular weight excluding hydrogens is 363 g/mol. The number of urea groups is 1. The molecule has 1 aromatic carbocycles. The first-order chi connectivity index (χ1) is 12.2. The number of anilines is 2. The van der Waals surface area contributed by atoms with Gasteiger partial charge in [0, 0.05) is 6.54 Å². The van der Waals surface area contributed by atoms with Gasteiger partial charge in [-0.3, -0.25) is 9.62 Å². The number of sulfonamides is 1.